The highest BCUT2D eigenvalue weighted by Gasteiger charge is 2.37. The van der Waals surface area contributed by atoms with Crippen LogP contribution in [-0.2, 0) is 19.7 Å². The first kappa shape index (κ1) is 22.4. The number of halogens is 1. The highest BCUT2D eigenvalue weighted by atomic mass is 32.2. The molecule has 1 aliphatic heterocycles. The molecule has 1 heterocycles. The number of aromatic hydroxyl groups is 1. The second-order valence-electron chi connectivity index (χ2n) is 7.76. The van der Waals surface area contributed by atoms with Crippen LogP contribution in [0.15, 0.2) is 24.3 Å². The van der Waals surface area contributed by atoms with E-state index >= 15 is 4.39 Å². The van der Waals surface area contributed by atoms with Gasteiger partial charge < -0.3 is 19.9 Å². The number of carbonyl (C=O) groups excluding carboxylic acids is 2. The molecule has 1 aliphatic rings. The van der Waals surface area contributed by atoms with Gasteiger partial charge in [-0.3, -0.25) is 4.79 Å². The van der Waals surface area contributed by atoms with E-state index < -0.39 is 51.6 Å². The molecule has 1 saturated heterocycles. The molecule has 1 fully saturated rings. The fourth-order valence-corrected chi connectivity index (χ4v) is 4.09. The van der Waals surface area contributed by atoms with Gasteiger partial charge in [0, 0.05) is 5.39 Å². The number of phenols is 1. The molecule has 10 nitrogen and oxygen atoms in total. The van der Waals surface area contributed by atoms with E-state index in [1.54, 1.807) is 25.5 Å². The van der Waals surface area contributed by atoms with Crippen LogP contribution in [0, 0.1) is 5.82 Å². The second-order valence-corrected chi connectivity index (χ2v) is 9.35. The summed E-state index contributed by atoms with van der Waals surface area (Å²) in [5, 5.41) is 13.1. The van der Waals surface area contributed by atoms with E-state index in [9.17, 15) is 23.1 Å². The van der Waals surface area contributed by atoms with Crippen molar-refractivity contribution in [2.24, 2.45) is 0 Å². The normalized spacial score (nSPS) is 15.6. The predicted octanol–water partition coefficient (Wildman–Crippen LogP) is 1.77. The Bertz CT molecular complexity index is 1150. The number of alkyl carbamates (subject to hydrolysis) is 1. The fourth-order valence-electron chi connectivity index (χ4n) is 2.92. The molecule has 31 heavy (non-hydrogen) atoms. The number of fused-ring (bicyclic) bond motifs is 1. The Hall–Kier alpha value is -3.28. The number of hydrogen-bond donors (Lipinski definition) is 3. The zero-order chi connectivity index (χ0) is 23.0. The summed E-state index contributed by atoms with van der Waals surface area (Å²) in [6, 6.07) is 5.46. The first-order valence-corrected chi connectivity index (χ1v) is 10.7. The number of phenolic OH excluding ortho intramolecular Hbond substituents is 1. The molecule has 0 saturated carbocycles. The number of anilines is 1. The molecule has 0 atom stereocenters. The number of benzene rings is 2. The summed E-state index contributed by atoms with van der Waals surface area (Å²) in [4.78, 5) is 23.0. The van der Waals surface area contributed by atoms with Gasteiger partial charge in [0.15, 0.2) is 5.82 Å². The number of hydrogen-bond acceptors (Lipinski definition) is 7. The number of amides is 2. The van der Waals surface area contributed by atoms with E-state index in [1.807, 2.05) is 0 Å². The first-order chi connectivity index (χ1) is 14.4. The van der Waals surface area contributed by atoms with Crippen LogP contribution in [0.4, 0.5) is 14.9 Å². The minimum atomic E-state index is -4.28. The highest BCUT2D eigenvalue weighted by Crippen LogP contribution is 2.39. The van der Waals surface area contributed by atoms with Gasteiger partial charge in [0.1, 0.15) is 35.9 Å². The average molecular weight is 455 g/mol. The predicted molar refractivity (Wildman–Crippen MR) is 110 cm³/mol. The highest BCUT2D eigenvalue weighted by molar-refractivity contribution is 7.92. The van der Waals surface area contributed by atoms with Crippen molar-refractivity contribution < 1.29 is 37.0 Å². The summed E-state index contributed by atoms with van der Waals surface area (Å²) in [6.07, 6.45) is -0.584. The Morgan fingerprint density at radius 3 is 2.65 bits per heavy atom. The summed E-state index contributed by atoms with van der Waals surface area (Å²) in [5.41, 5.74) is -1.23. The molecule has 0 spiro atoms. The topological polar surface area (TPSA) is 134 Å². The standard InChI is InChI=1S/C19H22FN3O7S/c1-19(2,3)30-18(26)21-6-7-29-12-4-5-13-11(8-12)9-14(24)17(16(13)20)23-10-15(25)22-31(23,27)28/h4-5,8-9,24H,6-7,10H2,1-3H3,(H,21,26)(H,22,25). The largest absolute Gasteiger partial charge is 0.506 e. The van der Waals surface area contributed by atoms with Crippen molar-refractivity contribution in [1.82, 2.24) is 10.0 Å². The maximum Gasteiger partial charge on any atom is 0.407 e. The quantitative estimate of drug-likeness (QED) is 0.585. The molecule has 0 aromatic heterocycles. The minimum absolute atomic E-state index is 0.0292. The fraction of sp³-hybridized carbons (Fsp3) is 0.368. The molecule has 2 aromatic carbocycles. The molecule has 2 aromatic rings. The van der Waals surface area contributed by atoms with E-state index in [0.29, 0.717) is 10.1 Å². The van der Waals surface area contributed by atoms with Crippen LogP contribution in [-0.4, -0.2) is 50.8 Å². The number of nitrogens with one attached hydrogen (secondary N) is 2. The van der Waals surface area contributed by atoms with Crippen LogP contribution in [0.5, 0.6) is 11.5 Å². The number of nitrogens with zero attached hydrogens (tertiary/aromatic N) is 1. The van der Waals surface area contributed by atoms with Gasteiger partial charge in [-0.25, -0.2) is 18.2 Å². The third kappa shape index (κ3) is 5.08. The zero-order valence-electron chi connectivity index (χ0n) is 17.1. The van der Waals surface area contributed by atoms with Crippen LogP contribution >= 0.6 is 0 Å². The Morgan fingerprint density at radius 2 is 2.03 bits per heavy atom. The summed E-state index contributed by atoms with van der Waals surface area (Å²) < 4.78 is 51.8. The SMILES string of the molecule is CC(C)(C)OC(=O)NCCOc1ccc2c(F)c(N3CC(=O)NS3(=O)=O)c(O)cc2c1. The molecule has 168 valence electrons. The van der Waals surface area contributed by atoms with E-state index in [4.69, 9.17) is 9.47 Å². The second kappa shape index (κ2) is 8.10. The molecule has 0 unspecified atom stereocenters. The molecule has 3 rings (SSSR count). The van der Waals surface area contributed by atoms with Crippen LogP contribution in [0.25, 0.3) is 10.8 Å². The lowest BCUT2D eigenvalue weighted by Gasteiger charge is -2.19. The zero-order valence-corrected chi connectivity index (χ0v) is 17.9. The molecule has 2 amide bonds. The van der Waals surface area contributed by atoms with Crippen LogP contribution in [0.1, 0.15) is 20.8 Å². The van der Waals surface area contributed by atoms with Gasteiger partial charge in [-0.2, -0.15) is 8.42 Å². The smallest absolute Gasteiger partial charge is 0.407 e. The van der Waals surface area contributed by atoms with Gasteiger partial charge in [-0.1, -0.05) is 0 Å². The summed E-state index contributed by atoms with van der Waals surface area (Å²) in [7, 11) is -4.28. The lowest BCUT2D eigenvalue weighted by molar-refractivity contribution is -0.117. The molecule has 0 radical (unpaired) electrons. The van der Waals surface area contributed by atoms with E-state index in [0.717, 1.165) is 0 Å². The molecule has 0 aliphatic carbocycles. The monoisotopic (exact) mass is 455 g/mol. The Balaban J connectivity index is 1.74. The van der Waals surface area contributed by atoms with Gasteiger partial charge >= 0.3 is 16.3 Å². The Morgan fingerprint density at radius 1 is 1.32 bits per heavy atom. The van der Waals surface area contributed by atoms with Crippen molar-refractivity contribution in [3.63, 3.8) is 0 Å². The lowest BCUT2D eigenvalue weighted by atomic mass is 10.1. The van der Waals surface area contributed by atoms with Crippen LogP contribution in [0.2, 0.25) is 0 Å². The van der Waals surface area contributed by atoms with Crippen molar-refractivity contribution in [2.75, 3.05) is 24.0 Å². The molecular weight excluding hydrogens is 433 g/mol. The Kier molecular flexibility index (Phi) is 5.85. The van der Waals surface area contributed by atoms with Crippen molar-refractivity contribution in [3.05, 3.63) is 30.1 Å². The van der Waals surface area contributed by atoms with Crippen LogP contribution < -0.4 is 19.1 Å². The molecule has 12 heteroatoms. The van der Waals surface area contributed by atoms with Crippen molar-refractivity contribution in [3.8, 4) is 11.5 Å². The summed E-state index contributed by atoms with van der Waals surface area (Å²) in [5.74, 6) is -2.12. The first-order valence-electron chi connectivity index (χ1n) is 9.25. The third-order valence-corrected chi connectivity index (χ3v) is 5.49. The maximum absolute atomic E-state index is 15.0. The van der Waals surface area contributed by atoms with E-state index in [1.165, 1.54) is 24.3 Å². The summed E-state index contributed by atoms with van der Waals surface area (Å²) >= 11 is 0. The van der Waals surface area contributed by atoms with Crippen molar-refractivity contribution >= 4 is 38.7 Å². The van der Waals surface area contributed by atoms with Crippen molar-refractivity contribution in [2.45, 2.75) is 26.4 Å². The molecular formula is C19H22FN3O7S. The number of rotatable bonds is 5. The number of carbonyl (C=O) groups is 2. The number of ether oxygens (including phenoxy) is 2. The molecule has 0 bridgehead atoms. The summed E-state index contributed by atoms with van der Waals surface area (Å²) in [6.45, 7) is 4.86. The lowest BCUT2D eigenvalue weighted by Crippen LogP contribution is -2.34. The minimum Gasteiger partial charge on any atom is -0.506 e. The van der Waals surface area contributed by atoms with Gasteiger partial charge in [0.05, 0.1) is 6.54 Å². The van der Waals surface area contributed by atoms with E-state index in [-0.39, 0.29) is 23.9 Å². The van der Waals surface area contributed by atoms with Gasteiger partial charge in [-0.05, 0) is 50.4 Å². The van der Waals surface area contributed by atoms with Gasteiger partial charge in [0.2, 0.25) is 0 Å². The Labute approximate surface area is 178 Å². The molecule has 3 N–H and O–H groups in total. The van der Waals surface area contributed by atoms with E-state index in [2.05, 4.69) is 5.32 Å². The maximum atomic E-state index is 15.0. The third-order valence-electron chi connectivity index (χ3n) is 4.11. The van der Waals surface area contributed by atoms with Crippen LogP contribution in [0.3, 0.4) is 0 Å². The van der Waals surface area contributed by atoms with Gasteiger partial charge in [0.25, 0.3) is 5.91 Å². The van der Waals surface area contributed by atoms with Gasteiger partial charge in [-0.15, -0.1) is 0 Å². The average Bonchev–Trinajstić information content (AvgIpc) is 2.89. The van der Waals surface area contributed by atoms with Crippen molar-refractivity contribution in [1.29, 1.82) is 0 Å².